The molecule has 1 aromatic carbocycles. The maximum Gasteiger partial charge on any atom is 0.307 e. The number of amides is 1. The van der Waals surface area contributed by atoms with Gasteiger partial charge in [-0.05, 0) is 30.0 Å². The Labute approximate surface area is 161 Å². The lowest BCUT2D eigenvalue weighted by molar-refractivity contribution is -0.490. The SMILES string of the molecule is C[C@H]1CC(=O)[C@@H](CC(=O)OCC(=O)NCCc2ccc(F)cc2)[C@@H]1C[N+](=O)[O-]. The fourth-order valence-electron chi connectivity index (χ4n) is 3.43. The topological polar surface area (TPSA) is 116 Å². The number of rotatable bonds is 9. The van der Waals surface area contributed by atoms with Crippen LogP contribution in [0.15, 0.2) is 24.3 Å². The molecule has 0 saturated heterocycles. The van der Waals surface area contributed by atoms with E-state index in [-0.39, 0.29) is 36.9 Å². The molecule has 0 radical (unpaired) electrons. The third-order valence-corrected chi connectivity index (χ3v) is 4.94. The number of carbonyl (C=O) groups excluding carboxylic acids is 3. The summed E-state index contributed by atoms with van der Waals surface area (Å²) in [6, 6.07) is 5.89. The molecule has 0 bridgehead atoms. The lowest BCUT2D eigenvalue weighted by Gasteiger charge is -2.17. The van der Waals surface area contributed by atoms with Gasteiger partial charge in [-0.2, -0.15) is 0 Å². The van der Waals surface area contributed by atoms with Gasteiger partial charge in [0.2, 0.25) is 6.54 Å². The molecule has 2 rings (SSSR count). The van der Waals surface area contributed by atoms with Crippen molar-refractivity contribution in [2.75, 3.05) is 19.7 Å². The molecule has 1 aliphatic carbocycles. The molecule has 1 N–H and O–H groups in total. The minimum atomic E-state index is -0.741. The number of nitro groups is 1. The summed E-state index contributed by atoms with van der Waals surface area (Å²) in [5.74, 6) is -3.15. The van der Waals surface area contributed by atoms with Crippen LogP contribution in [0.25, 0.3) is 0 Å². The van der Waals surface area contributed by atoms with Crippen molar-refractivity contribution < 1.29 is 28.4 Å². The fraction of sp³-hybridized carbons (Fsp3) is 0.526. The number of hydrogen-bond donors (Lipinski definition) is 1. The number of nitrogens with zero attached hydrogens (tertiary/aromatic N) is 1. The summed E-state index contributed by atoms with van der Waals surface area (Å²) in [5.41, 5.74) is 0.851. The smallest absolute Gasteiger partial charge is 0.307 e. The molecule has 0 unspecified atom stereocenters. The number of ether oxygens (including phenoxy) is 1. The number of carbonyl (C=O) groups is 3. The average Bonchev–Trinajstić information content (AvgIpc) is 2.88. The molecule has 1 saturated carbocycles. The van der Waals surface area contributed by atoms with E-state index in [4.69, 9.17) is 4.74 Å². The third-order valence-electron chi connectivity index (χ3n) is 4.94. The van der Waals surface area contributed by atoms with E-state index in [9.17, 15) is 28.9 Å². The van der Waals surface area contributed by atoms with Gasteiger partial charge in [-0.3, -0.25) is 24.5 Å². The van der Waals surface area contributed by atoms with Gasteiger partial charge < -0.3 is 10.1 Å². The summed E-state index contributed by atoms with van der Waals surface area (Å²) in [5, 5.41) is 13.4. The first-order chi connectivity index (χ1) is 13.3. The molecule has 3 atom stereocenters. The van der Waals surface area contributed by atoms with Crippen molar-refractivity contribution in [1.29, 1.82) is 0 Å². The van der Waals surface area contributed by atoms with E-state index in [0.717, 1.165) is 5.56 Å². The Morgan fingerprint density at radius 2 is 2.00 bits per heavy atom. The molecule has 152 valence electrons. The van der Waals surface area contributed by atoms with Gasteiger partial charge in [0.25, 0.3) is 5.91 Å². The van der Waals surface area contributed by atoms with Crippen molar-refractivity contribution in [1.82, 2.24) is 5.32 Å². The van der Waals surface area contributed by atoms with Crippen LogP contribution >= 0.6 is 0 Å². The van der Waals surface area contributed by atoms with E-state index in [2.05, 4.69) is 5.32 Å². The van der Waals surface area contributed by atoms with Crippen molar-refractivity contribution >= 4 is 17.7 Å². The lowest BCUT2D eigenvalue weighted by Crippen LogP contribution is -2.32. The third kappa shape index (κ3) is 6.40. The quantitative estimate of drug-likeness (QED) is 0.386. The molecule has 1 amide bonds. The van der Waals surface area contributed by atoms with Crippen LogP contribution in [-0.2, 0) is 25.5 Å². The molecule has 1 aromatic rings. The Hall–Kier alpha value is -2.84. The second-order valence-electron chi connectivity index (χ2n) is 7.02. The van der Waals surface area contributed by atoms with Gasteiger partial charge in [-0.15, -0.1) is 0 Å². The van der Waals surface area contributed by atoms with Gasteiger partial charge in [-0.1, -0.05) is 19.1 Å². The first-order valence-electron chi connectivity index (χ1n) is 9.07. The van der Waals surface area contributed by atoms with E-state index < -0.39 is 35.2 Å². The summed E-state index contributed by atoms with van der Waals surface area (Å²) in [6.45, 7) is 1.20. The summed E-state index contributed by atoms with van der Waals surface area (Å²) >= 11 is 0. The molecule has 9 heteroatoms. The molecular formula is C19H23FN2O6. The highest BCUT2D eigenvalue weighted by molar-refractivity contribution is 5.88. The molecule has 0 aliphatic heterocycles. The molecular weight excluding hydrogens is 371 g/mol. The molecule has 0 aromatic heterocycles. The zero-order chi connectivity index (χ0) is 20.7. The van der Waals surface area contributed by atoms with E-state index in [0.29, 0.717) is 13.0 Å². The maximum atomic E-state index is 12.8. The Balaban J connectivity index is 1.72. The van der Waals surface area contributed by atoms with Gasteiger partial charge in [0.1, 0.15) is 11.6 Å². The van der Waals surface area contributed by atoms with Crippen molar-refractivity contribution in [3.63, 3.8) is 0 Å². The average molecular weight is 394 g/mol. The van der Waals surface area contributed by atoms with Crippen LogP contribution in [-0.4, -0.2) is 42.3 Å². The van der Waals surface area contributed by atoms with Crippen molar-refractivity contribution in [3.8, 4) is 0 Å². The van der Waals surface area contributed by atoms with Gasteiger partial charge in [0, 0.05) is 29.7 Å². The second-order valence-corrected chi connectivity index (χ2v) is 7.02. The number of Topliss-reactive ketones (excluding diaryl/α,β-unsaturated/α-hetero) is 1. The molecule has 1 aliphatic rings. The minimum Gasteiger partial charge on any atom is -0.456 e. The van der Waals surface area contributed by atoms with E-state index in [1.165, 1.54) is 12.1 Å². The van der Waals surface area contributed by atoms with E-state index in [1.807, 2.05) is 0 Å². The highest BCUT2D eigenvalue weighted by Gasteiger charge is 2.44. The summed E-state index contributed by atoms with van der Waals surface area (Å²) < 4.78 is 17.7. The first-order valence-corrected chi connectivity index (χ1v) is 9.07. The van der Waals surface area contributed by atoms with Crippen LogP contribution in [0.2, 0.25) is 0 Å². The summed E-state index contributed by atoms with van der Waals surface area (Å²) in [6.07, 6.45) is 0.446. The minimum absolute atomic E-state index is 0.162. The number of hydrogen-bond acceptors (Lipinski definition) is 6. The van der Waals surface area contributed by atoms with Crippen LogP contribution in [0.3, 0.4) is 0 Å². The van der Waals surface area contributed by atoms with Crippen LogP contribution in [0, 0.1) is 33.7 Å². The van der Waals surface area contributed by atoms with Gasteiger partial charge in [-0.25, -0.2) is 4.39 Å². The van der Waals surface area contributed by atoms with Crippen LogP contribution in [0.1, 0.15) is 25.3 Å². The molecule has 8 nitrogen and oxygen atoms in total. The van der Waals surface area contributed by atoms with Crippen LogP contribution < -0.4 is 5.32 Å². The van der Waals surface area contributed by atoms with Crippen molar-refractivity contribution in [3.05, 3.63) is 45.8 Å². The Morgan fingerprint density at radius 3 is 2.64 bits per heavy atom. The maximum absolute atomic E-state index is 12.8. The number of esters is 1. The second kappa shape index (κ2) is 9.91. The number of nitrogens with one attached hydrogen (secondary N) is 1. The Kier molecular flexibility index (Phi) is 7.60. The first kappa shape index (κ1) is 21.5. The van der Waals surface area contributed by atoms with Crippen LogP contribution in [0.4, 0.5) is 4.39 Å². The molecule has 1 fully saturated rings. The number of halogens is 1. The van der Waals surface area contributed by atoms with E-state index in [1.54, 1.807) is 19.1 Å². The largest absolute Gasteiger partial charge is 0.456 e. The lowest BCUT2D eigenvalue weighted by atomic mass is 9.88. The number of ketones is 1. The van der Waals surface area contributed by atoms with Gasteiger partial charge >= 0.3 is 5.97 Å². The van der Waals surface area contributed by atoms with Crippen molar-refractivity contribution in [2.24, 2.45) is 17.8 Å². The number of benzene rings is 1. The Bertz CT molecular complexity index is 736. The normalized spacial score (nSPS) is 21.4. The zero-order valence-electron chi connectivity index (χ0n) is 15.6. The Morgan fingerprint density at radius 1 is 1.32 bits per heavy atom. The standard InChI is InChI=1S/C19H23FN2O6/c1-12-8-17(23)15(16(12)10-22(26)27)9-19(25)28-11-18(24)21-7-6-13-2-4-14(20)5-3-13/h2-5,12,15-16H,6-11H2,1H3,(H,21,24)/t12-,15-,16+/m0/s1. The summed E-state index contributed by atoms with van der Waals surface area (Å²) in [4.78, 5) is 46.0. The van der Waals surface area contributed by atoms with E-state index >= 15 is 0 Å². The monoisotopic (exact) mass is 394 g/mol. The summed E-state index contributed by atoms with van der Waals surface area (Å²) in [7, 11) is 0. The highest BCUT2D eigenvalue weighted by Crippen LogP contribution is 2.36. The van der Waals surface area contributed by atoms with Gasteiger partial charge in [0.05, 0.1) is 6.42 Å². The predicted octanol–water partition coefficient (Wildman–Crippen LogP) is 1.54. The predicted molar refractivity (Wildman–Crippen MR) is 96.3 cm³/mol. The fourth-order valence-corrected chi connectivity index (χ4v) is 3.43. The molecule has 0 spiro atoms. The van der Waals surface area contributed by atoms with Gasteiger partial charge in [0.15, 0.2) is 6.61 Å². The molecule has 28 heavy (non-hydrogen) atoms. The zero-order valence-corrected chi connectivity index (χ0v) is 15.6. The van der Waals surface area contributed by atoms with Crippen LogP contribution in [0.5, 0.6) is 0 Å². The van der Waals surface area contributed by atoms with Crippen molar-refractivity contribution in [2.45, 2.75) is 26.2 Å². The molecule has 0 heterocycles. The highest BCUT2D eigenvalue weighted by atomic mass is 19.1.